The van der Waals surface area contributed by atoms with Crippen molar-refractivity contribution in [3.8, 4) is 0 Å². The molecule has 2 aromatic rings. The molecule has 114 valence electrons. The van der Waals surface area contributed by atoms with Crippen LogP contribution >= 0.6 is 0 Å². The highest BCUT2D eigenvalue weighted by molar-refractivity contribution is 6.06. The number of hydrogen-bond acceptors (Lipinski definition) is 5. The number of nitrogens with two attached hydrogens (primary N) is 1. The van der Waals surface area contributed by atoms with Gasteiger partial charge in [-0.25, -0.2) is 4.98 Å². The maximum atomic E-state index is 12.4. The smallest absolute Gasteiger partial charge is 0.262 e. The SMILES string of the molecule is CCCCC(CN)NC(=O)c1c(C)oc2nc[nH]c(=O)c12. The second-order valence-corrected chi connectivity index (χ2v) is 4.99. The fraction of sp³-hybridized carbons (Fsp3) is 0.500. The molecule has 7 nitrogen and oxygen atoms in total. The number of nitrogens with one attached hydrogen (secondary N) is 2. The summed E-state index contributed by atoms with van der Waals surface area (Å²) in [6.07, 6.45) is 4.07. The number of amides is 1. The van der Waals surface area contributed by atoms with Crippen LogP contribution in [0.4, 0.5) is 0 Å². The number of H-pyrrole nitrogens is 1. The van der Waals surface area contributed by atoms with E-state index in [2.05, 4.69) is 22.2 Å². The number of nitrogens with zero attached hydrogens (tertiary/aromatic N) is 1. The minimum absolute atomic E-state index is 0.113. The largest absolute Gasteiger partial charge is 0.442 e. The van der Waals surface area contributed by atoms with Crippen LogP contribution in [0.1, 0.15) is 42.3 Å². The van der Waals surface area contributed by atoms with Crippen molar-refractivity contribution in [3.63, 3.8) is 0 Å². The Hall–Kier alpha value is -2.15. The summed E-state index contributed by atoms with van der Waals surface area (Å²) in [4.78, 5) is 30.7. The summed E-state index contributed by atoms with van der Waals surface area (Å²) in [6.45, 7) is 4.07. The van der Waals surface area contributed by atoms with E-state index in [0.717, 1.165) is 19.3 Å². The highest BCUT2D eigenvalue weighted by atomic mass is 16.3. The number of furan rings is 1. The Kier molecular flexibility index (Phi) is 4.74. The first-order valence-electron chi connectivity index (χ1n) is 7.06. The predicted molar refractivity (Wildman–Crippen MR) is 79.2 cm³/mol. The molecule has 0 aliphatic heterocycles. The molecule has 1 atom stereocenters. The van der Waals surface area contributed by atoms with Crippen molar-refractivity contribution >= 4 is 17.0 Å². The van der Waals surface area contributed by atoms with Crippen LogP contribution in [-0.4, -0.2) is 28.5 Å². The molecule has 4 N–H and O–H groups in total. The van der Waals surface area contributed by atoms with Gasteiger partial charge in [0.1, 0.15) is 11.1 Å². The lowest BCUT2D eigenvalue weighted by Crippen LogP contribution is -2.40. The Balaban J connectivity index is 2.31. The van der Waals surface area contributed by atoms with Gasteiger partial charge in [-0.1, -0.05) is 19.8 Å². The van der Waals surface area contributed by atoms with E-state index in [0.29, 0.717) is 12.3 Å². The van der Waals surface area contributed by atoms with Gasteiger partial charge in [0.15, 0.2) is 0 Å². The van der Waals surface area contributed by atoms with Crippen molar-refractivity contribution in [2.75, 3.05) is 6.54 Å². The maximum Gasteiger partial charge on any atom is 0.262 e. The van der Waals surface area contributed by atoms with Gasteiger partial charge in [0, 0.05) is 12.6 Å². The molecule has 1 unspecified atom stereocenters. The number of aromatic nitrogens is 2. The highest BCUT2D eigenvalue weighted by Crippen LogP contribution is 2.20. The van der Waals surface area contributed by atoms with Gasteiger partial charge in [0.2, 0.25) is 5.71 Å². The number of hydrogen-bond donors (Lipinski definition) is 3. The monoisotopic (exact) mass is 292 g/mol. The number of aromatic amines is 1. The van der Waals surface area contributed by atoms with Gasteiger partial charge in [-0.3, -0.25) is 9.59 Å². The Labute approximate surface area is 121 Å². The van der Waals surface area contributed by atoms with Crippen LogP contribution < -0.4 is 16.6 Å². The molecule has 0 spiro atoms. The molecule has 0 bridgehead atoms. The normalized spacial score (nSPS) is 12.5. The second kappa shape index (κ2) is 6.53. The van der Waals surface area contributed by atoms with Crippen LogP contribution in [0.15, 0.2) is 15.5 Å². The number of aryl methyl sites for hydroxylation is 1. The highest BCUT2D eigenvalue weighted by Gasteiger charge is 2.23. The second-order valence-electron chi connectivity index (χ2n) is 4.99. The number of unbranched alkanes of at least 4 members (excludes halogenated alkanes) is 1. The number of carbonyl (C=O) groups is 1. The van der Waals surface area contributed by atoms with E-state index in [1.165, 1.54) is 6.33 Å². The topological polar surface area (TPSA) is 114 Å². The summed E-state index contributed by atoms with van der Waals surface area (Å²) in [6, 6.07) is -0.113. The first-order chi connectivity index (χ1) is 10.1. The summed E-state index contributed by atoms with van der Waals surface area (Å²) in [7, 11) is 0. The van der Waals surface area contributed by atoms with Gasteiger partial charge >= 0.3 is 0 Å². The van der Waals surface area contributed by atoms with Crippen molar-refractivity contribution in [1.29, 1.82) is 0 Å². The fourth-order valence-electron chi connectivity index (χ4n) is 2.28. The third-order valence-corrected chi connectivity index (χ3v) is 3.42. The van der Waals surface area contributed by atoms with Crippen molar-refractivity contribution in [2.45, 2.75) is 39.2 Å². The zero-order valence-corrected chi connectivity index (χ0v) is 12.2. The van der Waals surface area contributed by atoms with Gasteiger partial charge in [-0.15, -0.1) is 0 Å². The standard InChI is InChI=1S/C14H20N4O3/c1-3-4-5-9(6-15)18-13(20)10-8(2)21-14-11(10)12(19)16-7-17-14/h7,9H,3-6,15H2,1-2H3,(H,18,20)(H,16,17,19). The van der Waals surface area contributed by atoms with Crippen LogP contribution in [0.3, 0.4) is 0 Å². The summed E-state index contributed by atoms with van der Waals surface area (Å²) in [5.41, 5.74) is 5.69. The Morgan fingerprint density at radius 2 is 2.33 bits per heavy atom. The van der Waals surface area contributed by atoms with Gasteiger partial charge in [-0.2, -0.15) is 0 Å². The van der Waals surface area contributed by atoms with Crippen LogP contribution in [-0.2, 0) is 0 Å². The van der Waals surface area contributed by atoms with Gasteiger partial charge in [-0.05, 0) is 13.3 Å². The average molecular weight is 292 g/mol. The Bertz CT molecular complexity index is 689. The summed E-state index contributed by atoms with van der Waals surface area (Å²) in [5, 5.41) is 3.04. The lowest BCUT2D eigenvalue weighted by molar-refractivity contribution is 0.0935. The molecule has 0 aliphatic carbocycles. The van der Waals surface area contributed by atoms with E-state index < -0.39 is 0 Å². The van der Waals surface area contributed by atoms with Crippen molar-refractivity contribution < 1.29 is 9.21 Å². The Morgan fingerprint density at radius 1 is 1.57 bits per heavy atom. The molecule has 0 saturated heterocycles. The molecular formula is C14H20N4O3. The fourth-order valence-corrected chi connectivity index (χ4v) is 2.28. The minimum atomic E-state index is -0.389. The molecule has 2 rings (SSSR count). The summed E-state index contributed by atoms with van der Waals surface area (Å²) >= 11 is 0. The van der Waals surface area contributed by atoms with Crippen LogP contribution in [0.25, 0.3) is 11.1 Å². The van der Waals surface area contributed by atoms with Gasteiger partial charge in [0.25, 0.3) is 11.5 Å². The molecule has 7 heteroatoms. The number of rotatable bonds is 6. The van der Waals surface area contributed by atoms with E-state index in [4.69, 9.17) is 10.2 Å². The molecule has 0 fully saturated rings. The number of carbonyl (C=O) groups excluding carboxylic acids is 1. The van der Waals surface area contributed by atoms with Crippen LogP contribution in [0.2, 0.25) is 0 Å². The van der Waals surface area contributed by atoms with E-state index in [-0.39, 0.29) is 34.2 Å². The molecule has 0 aliphatic rings. The quantitative estimate of drug-likeness (QED) is 0.737. The molecule has 2 heterocycles. The van der Waals surface area contributed by atoms with Crippen LogP contribution in [0.5, 0.6) is 0 Å². The number of fused-ring (bicyclic) bond motifs is 1. The molecule has 0 radical (unpaired) electrons. The van der Waals surface area contributed by atoms with Gasteiger partial charge in [0.05, 0.1) is 11.9 Å². The van der Waals surface area contributed by atoms with E-state index >= 15 is 0 Å². The third-order valence-electron chi connectivity index (χ3n) is 3.42. The molecule has 1 amide bonds. The summed E-state index contributed by atoms with van der Waals surface area (Å²) < 4.78 is 5.37. The average Bonchev–Trinajstić information content (AvgIpc) is 2.80. The molecule has 0 saturated carbocycles. The van der Waals surface area contributed by atoms with Crippen LogP contribution in [0, 0.1) is 6.92 Å². The van der Waals surface area contributed by atoms with Gasteiger partial charge < -0.3 is 20.5 Å². The molecule has 21 heavy (non-hydrogen) atoms. The first kappa shape index (κ1) is 15.2. The van der Waals surface area contributed by atoms with Crippen molar-refractivity contribution in [1.82, 2.24) is 15.3 Å². The Morgan fingerprint density at radius 3 is 3.00 bits per heavy atom. The maximum absolute atomic E-state index is 12.4. The molecule has 0 aromatic carbocycles. The zero-order valence-electron chi connectivity index (χ0n) is 12.2. The summed E-state index contributed by atoms with van der Waals surface area (Å²) in [5.74, 6) is 0.0225. The first-order valence-corrected chi connectivity index (χ1v) is 7.06. The molecule has 2 aromatic heterocycles. The van der Waals surface area contributed by atoms with E-state index in [1.54, 1.807) is 6.92 Å². The van der Waals surface area contributed by atoms with Crippen molar-refractivity contribution in [3.05, 3.63) is 28.0 Å². The zero-order chi connectivity index (χ0) is 15.4. The third kappa shape index (κ3) is 3.13. The lowest BCUT2D eigenvalue weighted by Gasteiger charge is -2.16. The predicted octanol–water partition coefficient (Wildman–Crippen LogP) is 1.07. The van der Waals surface area contributed by atoms with E-state index in [1.807, 2.05) is 0 Å². The molecular weight excluding hydrogens is 272 g/mol. The minimum Gasteiger partial charge on any atom is -0.442 e. The van der Waals surface area contributed by atoms with E-state index in [9.17, 15) is 9.59 Å². The van der Waals surface area contributed by atoms with Crippen molar-refractivity contribution in [2.24, 2.45) is 5.73 Å². The lowest BCUT2D eigenvalue weighted by atomic mass is 10.1.